The first kappa shape index (κ1) is 18.3. The quantitative estimate of drug-likeness (QED) is 0.709. The summed E-state index contributed by atoms with van der Waals surface area (Å²) in [7, 11) is 0. The van der Waals surface area contributed by atoms with E-state index in [2.05, 4.69) is 6.92 Å². The lowest BCUT2D eigenvalue weighted by atomic mass is 9.45. The van der Waals surface area contributed by atoms with Crippen LogP contribution >= 0.6 is 0 Å². The number of carbonyl (C=O) groups excluding carboxylic acids is 2. The first-order valence-corrected chi connectivity index (χ1v) is 10.0. The van der Waals surface area contributed by atoms with E-state index in [0.29, 0.717) is 19.3 Å². The van der Waals surface area contributed by atoms with E-state index in [0.717, 1.165) is 25.7 Å². The first-order valence-electron chi connectivity index (χ1n) is 10.0. The van der Waals surface area contributed by atoms with Gasteiger partial charge in [0.2, 0.25) is 0 Å². The average molecular weight is 362 g/mol. The zero-order valence-electron chi connectivity index (χ0n) is 15.5. The van der Waals surface area contributed by atoms with E-state index in [9.17, 15) is 24.9 Å². The predicted molar refractivity (Wildman–Crippen MR) is 95.1 cm³/mol. The lowest BCUT2D eigenvalue weighted by Gasteiger charge is -2.60. The highest BCUT2D eigenvalue weighted by Crippen LogP contribution is 2.66. The summed E-state index contributed by atoms with van der Waals surface area (Å²) in [6.07, 6.45) is 6.31. The molecule has 0 aromatic rings. The van der Waals surface area contributed by atoms with Gasteiger partial charge in [-0.1, -0.05) is 12.5 Å². The van der Waals surface area contributed by atoms with Gasteiger partial charge in [0.25, 0.3) is 0 Å². The summed E-state index contributed by atoms with van der Waals surface area (Å²) >= 11 is 0. The molecule has 0 heterocycles. The van der Waals surface area contributed by atoms with Crippen LogP contribution in [0.25, 0.3) is 0 Å². The van der Waals surface area contributed by atoms with Gasteiger partial charge in [-0.2, -0.15) is 0 Å². The van der Waals surface area contributed by atoms with E-state index >= 15 is 0 Å². The summed E-state index contributed by atoms with van der Waals surface area (Å²) in [6, 6.07) is 0. The first-order chi connectivity index (χ1) is 12.4. The summed E-state index contributed by atoms with van der Waals surface area (Å²) in [5.41, 5.74) is 0.436. The molecule has 4 aliphatic rings. The van der Waals surface area contributed by atoms with Crippen LogP contribution in [0.3, 0.4) is 0 Å². The largest absolute Gasteiger partial charge is 0.396 e. The summed E-state index contributed by atoms with van der Waals surface area (Å²) in [4.78, 5) is 24.2. The number of allylic oxidation sites excluding steroid dienone is 1. The number of hydrogen-bond donors (Lipinski definition) is 3. The topological polar surface area (TPSA) is 94.8 Å². The molecule has 26 heavy (non-hydrogen) atoms. The van der Waals surface area contributed by atoms with Gasteiger partial charge in [-0.05, 0) is 67.8 Å². The molecule has 144 valence electrons. The Balaban J connectivity index is 1.72. The molecular formula is C21H30O5. The van der Waals surface area contributed by atoms with E-state index < -0.39 is 18.1 Å². The molecule has 5 heteroatoms. The molecule has 0 aromatic carbocycles. The van der Waals surface area contributed by atoms with Gasteiger partial charge in [0.15, 0.2) is 11.6 Å². The minimum Gasteiger partial charge on any atom is -0.396 e. The molecule has 3 fully saturated rings. The lowest BCUT2D eigenvalue weighted by molar-refractivity contribution is -0.158. The predicted octanol–water partition coefficient (Wildman–Crippen LogP) is 1.64. The maximum Gasteiger partial charge on any atom is 0.161 e. The highest BCUT2D eigenvalue weighted by atomic mass is 16.3. The molecule has 5 nitrogen and oxygen atoms in total. The minimum atomic E-state index is -0.595. The zero-order valence-corrected chi connectivity index (χ0v) is 15.5. The van der Waals surface area contributed by atoms with Crippen molar-refractivity contribution in [2.45, 2.75) is 58.0 Å². The van der Waals surface area contributed by atoms with E-state index in [1.54, 1.807) is 0 Å². The third-order valence-corrected chi connectivity index (χ3v) is 8.46. The maximum absolute atomic E-state index is 12.3. The van der Waals surface area contributed by atoms with Crippen LogP contribution in [-0.4, -0.2) is 46.2 Å². The molecule has 0 spiro atoms. The highest BCUT2D eigenvalue weighted by Gasteiger charge is 2.64. The number of rotatable bonds is 3. The number of hydrogen-bond acceptors (Lipinski definition) is 5. The van der Waals surface area contributed by atoms with Gasteiger partial charge in [0, 0.05) is 24.4 Å². The Morgan fingerprint density at radius 3 is 2.69 bits per heavy atom. The SMILES string of the molecule is C[C@]12CCC(=O)C=C1CC[C@@H]1[C@@H]2[C@@H](O)C[C@@]2(CO)[C@@H](C(=O)CO)CC[C@@H]12. The van der Waals surface area contributed by atoms with Crippen molar-refractivity contribution in [3.63, 3.8) is 0 Å². The summed E-state index contributed by atoms with van der Waals surface area (Å²) in [5.74, 6) is 0.202. The molecule has 0 bridgehead atoms. The number of fused-ring (bicyclic) bond motifs is 5. The molecule has 0 aliphatic heterocycles. The molecule has 3 saturated carbocycles. The third kappa shape index (κ3) is 2.33. The Kier molecular flexibility index (Phi) is 4.41. The molecule has 0 saturated heterocycles. The van der Waals surface area contributed by atoms with Gasteiger partial charge in [-0.25, -0.2) is 0 Å². The van der Waals surface area contributed by atoms with Crippen molar-refractivity contribution >= 4 is 11.6 Å². The van der Waals surface area contributed by atoms with E-state index in [-0.39, 0.29) is 47.3 Å². The van der Waals surface area contributed by atoms with Gasteiger partial charge in [-0.3, -0.25) is 9.59 Å². The van der Waals surface area contributed by atoms with Gasteiger partial charge >= 0.3 is 0 Å². The van der Waals surface area contributed by atoms with Gasteiger partial charge in [0.05, 0.1) is 6.10 Å². The zero-order chi connectivity index (χ0) is 18.7. The maximum atomic E-state index is 12.3. The second kappa shape index (κ2) is 6.25. The highest BCUT2D eigenvalue weighted by molar-refractivity contribution is 5.91. The second-order valence-electron chi connectivity index (χ2n) is 9.31. The molecule has 4 rings (SSSR count). The van der Waals surface area contributed by atoms with Crippen molar-refractivity contribution in [1.82, 2.24) is 0 Å². The van der Waals surface area contributed by atoms with Crippen molar-refractivity contribution in [3.8, 4) is 0 Å². The summed E-state index contributed by atoms with van der Waals surface area (Å²) < 4.78 is 0. The fourth-order valence-electron chi connectivity index (χ4n) is 7.36. The smallest absolute Gasteiger partial charge is 0.161 e. The number of carbonyl (C=O) groups is 2. The monoisotopic (exact) mass is 362 g/mol. The fourth-order valence-corrected chi connectivity index (χ4v) is 7.36. The lowest BCUT2D eigenvalue weighted by Crippen LogP contribution is -2.59. The van der Waals surface area contributed by atoms with Gasteiger partial charge < -0.3 is 15.3 Å². The molecule has 4 aliphatic carbocycles. The van der Waals surface area contributed by atoms with Crippen LogP contribution in [0.1, 0.15) is 51.9 Å². The molecule has 0 unspecified atom stereocenters. The van der Waals surface area contributed by atoms with Crippen LogP contribution in [-0.2, 0) is 9.59 Å². The molecule has 3 N–H and O–H groups in total. The number of Topliss-reactive ketones (excluding diaryl/α,β-unsaturated/α-hetero) is 1. The Labute approximate surface area is 154 Å². The van der Waals surface area contributed by atoms with Crippen LogP contribution in [0.15, 0.2) is 11.6 Å². The molecule has 0 amide bonds. The molecular weight excluding hydrogens is 332 g/mol. The molecule has 0 aromatic heterocycles. The number of ketones is 2. The van der Waals surface area contributed by atoms with Crippen molar-refractivity contribution < 1.29 is 24.9 Å². The third-order valence-electron chi connectivity index (χ3n) is 8.46. The summed E-state index contributed by atoms with van der Waals surface area (Å²) in [6.45, 7) is 1.60. The van der Waals surface area contributed by atoms with E-state index in [1.165, 1.54) is 5.57 Å². The van der Waals surface area contributed by atoms with Crippen molar-refractivity contribution in [3.05, 3.63) is 11.6 Å². The Bertz CT molecular complexity index is 655. The Morgan fingerprint density at radius 1 is 1.23 bits per heavy atom. The van der Waals surface area contributed by atoms with Gasteiger partial charge in [-0.15, -0.1) is 0 Å². The minimum absolute atomic E-state index is 0.0863. The average Bonchev–Trinajstić information content (AvgIpc) is 3.00. The van der Waals surface area contributed by atoms with Crippen LogP contribution in [0, 0.1) is 34.5 Å². The van der Waals surface area contributed by atoms with Crippen molar-refractivity contribution in [2.24, 2.45) is 34.5 Å². The summed E-state index contributed by atoms with van der Waals surface area (Å²) in [5, 5.41) is 30.9. The van der Waals surface area contributed by atoms with Crippen LogP contribution in [0.2, 0.25) is 0 Å². The van der Waals surface area contributed by atoms with Crippen LogP contribution in [0.5, 0.6) is 0 Å². The standard InChI is InChI=1S/C21H30O5/c1-20-7-6-13(24)8-12(20)2-3-14-15-4-5-16(18(26)10-22)21(15,11-23)9-17(25)19(14)20/h8,14-17,19,22-23,25H,2-7,9-11H2,1H3/t14-,15-,16+,17-,19+,20-,21-/m0/s1. The van der Waals surface area contributed by atoms with Crippen LogP contribution < -0.4 is 0 Å². The molecule has 0 radical (unpaired) electrons. The number of aliphatic hydroxyl groups is 3. The second-order valence-corrected chi connectivity index (χ2v) is 9.31. The van der Waals surface area contributed by atoms with Crippen LogP contribution in [0.4, 0.5) is 0 Å². The fraction of sp³-hybridized carbons (Fsp3) is 0.810. The normalized spacial score (nSPS) is 47.6. The van der Waals surface area contributed by atoms with E-state index in [4.69, 9.17) is 0 Å². The Morgan fingerprint density at radius 2 is 2.00 bits per heavy atom. The van der Waals surface area contributed by atoms with Crippen molar-refractivity contribution in [2.75, 3.05) is 13.2 Å². The molecule has 7 atom stereocenters. The number of aliphatic hydroxyl groups excluding tert-OH is 3. The Hall–Kier alpha value is -1.04. The van der Waals surface area contributed by atoms with Crippen molar-refractivity contribution in [1.29, 1.82) is 0 Å². The van der Waals surface area contributed by atoms with Gasteiger partial charge in [0.1, 0.15) is 6.61 Å². The van der Waals surface area contributed by atoms with E-state index in [1.807, 2.05) is 6.08 Å².